The number of hydrogen-bond acceptors (Lipinski definition) is 5. The van der Waals surface area contributed by atoms with Crippen LogP contribution in [0.15, 0.2) is 30.3 Å². The molecule has 2 rings (SSSR count). The predicted octanol–water partition coefficient (Wildman–Crippen LogP) is 2.71. The van der Waals surface area contributed by atoms with E-state index in [4.69, 9.17) is 14.2 Å². The third-order valence-corrected chi connectivity index (χ3v) is 3.19. The molecule has 0 saturated heterocycles. The van der Waals surface area contributed by atoms with Crippen LogP contribution in [-0.2, 0) is 6.42 Å². The Morgan fingerprint density at radius 3 is 1.81 bits per heavy atom. The Labute approximate surface area is 123 Å². The van der Waals surface area contributed by atoms with Crippen LogP contribution < -0.4 is 14.2 Å². The second kappa shape index (κ2) is 6.26. The minimum Gasteiger partial charge on any atom is -0.504 e. The summed E-state index contributed by atoms with van der Waals surface area (Å²) >= 11 is 0. The highest BCUT2D eigenvalue weighted by molar-refractivity contribution is 5.54. The SMILES string of the molecule is COc1cc(Cc2cc(OC)c(O)c(OC)c2)ccc1O. The van der Waals surface area contributed by atoms with Crippen LogP contribution in [0.5, 0.6) is 28.7 Å². The number of methoxy groups -OCH3 is 3. The van der Waals surface area contributed by atoms with E-state index in [0.29, 0.717) is 23.7 Å². The molecule has 0 radical (unpaired) electrons. The molecule has 2 aromatic rings. The Hall–Kier alpha value is -2.56. The fraction of sp³-hybridized carbons (Fsp3) is 0.250. The predicted molar refractivity (Wildman–Crippen MR) is 78.7 cm³/mol. The molecule has 0 bridgehead atoms. The number of hydrogen-bond donors (Lipinski definition) is 2. The van der Waals surface area contributed by atoms with E-state index in [1.807, 2.05) is 6.07 Å². The number of aromatic hydroxyl groups is 2. The summed E-state index contributed by atoms with van der Waals surface area (Å²) < 4.78 is 15.4. The zero-order valence-electron chi connectivity index (χ0n) is 12.2. The van der Waals surface area contributed by atoms with Gasteiger partial charge in [-0.15, -0.1) is 0 Å². The lowest BCUT2D eigenvalue weighted by atomic mass is 10.0. The molecule has 0 aliphatic carbocycles. The van der Waals surface area contributed by atoms with Gasteiger partial charge < -0.3 is 24.4 Å². The van der Waals surface area contributed by atoms with Gasteiger partial charge in [-0.2, -0.15) is 0 Å². The van der Waals surface area contributed by atoms with Gasteiger partial charge in [0.05, 0.1) is 21.3 Å². The fourth-order valence-electron chi connectivity index (χ4n) is 2.12. The fourth-order valence-corrected chi connectivity index (χ4v) is 2.12. The maximum absolute atomic E-state index is 9.89. The molecule has 0 spiro atoms. The summed E-state index contributed by atoms with van der Waals surface area (Å²) in [4.78, 5) is 0. The van der Waals surface area contributed by atoms with Crippen LogP contribution in [-0.4, -0.2) is 31.5 Å². The van der Waals surface area contributed by atoms with Crippen molar-refractivity contribution in [2.45, 2.75) is 6.42 Å². The molecule has 0 saturated carbocycles. The number of rotatable bonds is 5. The van der Waals surface area contributed by atoms with Crippen LogP contribution in [0.3, 0.4) is 0 Å². The summed E-state index contributed by atoms with van der Waals surface area (Å²) in [7, 11) is 4.48. The number of ether oxygens (including phenoxy) is 3. The lowest BCUT2D eigenvalue weighted by Crippen LogP contribution is -1.95. The molecule has 0 atom stereocenters. The molecule has 0 amide bonds. The Balaban J connectivity index is 2.35. The summed E-state index contributed by atoms with van der Waals surface area (Å²) in [6, 6.07) is 8.65. The van der Waals surface area contributed by atoms with E-state index in [1.54, 1.807) is 24.3 Å². The van der Waals surface area contributed by atoms with Gasteiger partial charge in [0.2, 0.25) is 5.75 Å². The second-order valence-electron chi connectivity index (χ2n) is 4.53. The minimum absolute atomic E-state index is 0.0213. The van der Waals surface area contributed by atoms with Gasteiger partial charge >= 0.3 is 0 Å². The average molecular weight is 290 g/mol. The average Bonchev–Trinajstić information content (AvgIpc) is 2.50. The van der Waals surface area contributed by atoms with E-state index in [-0.39, 0.29) is 11.5 Å². The van der Waals surface area contributed by atoms with Crippen LogP contribution in [0.25, 0.3) is 0 Å². The normalized spacial score (nSPS) is 10.2. The summed E-state index contributed by atoms with van der Waals surface area (Å²) in [5.74, 6) is 1.21. The van der Waals surface area contributed by atoms with Crippen LogP contribution in [0.4, 0.5) is 0 Å². The van der Waals surface area contributed by atoms with Crippen molar-refractivity contribution in [1.29, 1.82) is 0 Å². The van der Waals surface area contributed by atoms with Crippen LogP contribution in [0, 0.1) is 0 Å². The topological polar surface area (TPSA) is 68.2 Å². The molecule has 0 heterocycles. The first-order chi connectivity index (χ1) is 10.1. The molecule has 112 valence electrons. The zero-order chi connectivity index (χ0) is 15.4. The quantitative estimate of drug-likeness (QED) is 0.886. The molecule has 0 fully saturated rings. The highest BCUT2D eigenvalue weighted by Crippen LogP contribution is 2.38. The molecule has 0 aliphatic rings. The van der Waals surface area contributed by atoms with Gasteiger partial charge in [-0.3, -0.25) is 0 Å². The highest BCUT2D eigenvalue weighted by Gasteiger charge is 2.12. The van der Waals surface area contributed by atoms with Crippen LogP contribution >= 0.6 is 0 Å². The minimum atomic E-state index is -0.0213. The largest absolute Gasteiger partial charge is 0.504 e. The van der Waals surface area contributed by atoms with Gasteiger partial charge in [-0.1, -0.05) is 6.07 Å². The molecular formula is C16H18O5. The van der Waals surface area contributed by atoms with Crippen molar-refractivity contribution in [3.8, 4) is 28.7 Å². The number of phenolic OH excluding ortho intramolecular Hbond substituents is 2. The first kappa shape index (κ1) is 14.8. The van der Waals surface area contributed by atoms with Gasteiger partial charge in [0.25, 0.3) is 0 Å². The van der Waals surface area contributed by atoms with Gasteiger partial charge in [-0.05, 0) is 41.8 Å². The van der Waals surface area contributed by atoms with Crippen molar-refractivity contribution in [2.75, 3.05) is 21.3 Å². The van der Waals surface area contributed by atoms with E-state index in [2.05, 4.69) is 0 Å². The van der Waals surface area contributed by atoms with E-state index in [1.165, 1.54) is 21.3 Å². The zero-order valence-corrected chi connectivity index (χ0v) is 12.2. The molecule has 0 aliphatic heterocycles. The molecule has 2 N–H and O–H groups in total. The summed E-state index contributed by atoms with van der Waals surface area (Å²) in [6.07, 6.45) is 0.587. The highest BCUT2D eigenvalue weighted by atomic mass is 16.5. The molecule has 0 unspecified atom stereocenters. The Morgan fingerprint density at radius 1 is 0.762 bits per heavy atom. The monoisotopic (exact) mass is 290 g/mol. The van der Waals surface area contributed by atoms with Crippen LogP contribution in [0.1, 0.15) is 11.1 Å². The molecule has 2 aromatic carbocycles. The molecule has 5 heteroatoms. The number of benzene rings is 2. The van der Waals surface area contributed by atoms with E-state index < -0.39 is 0 Å². The Kier molecular flexibility index (Phi) is 4.42. The third kappa shape index (κ3) is 3.13. The molecular weight excluding hydrogens is 272 g/mol. The van der Waals surface area contributed by atoms with Crippen molar-refractivity contribution < 1.29 is 24.4 Å². The van der Waals surface area contributed by atoms with Gasteiger partial charge in [0.1, 0.15) is 0 Å². The van der Waals surface area contributed by atoms with E-state index >= 15 is 0 Å². The van der Waals surface area contributed by atoms with E-state index in [0.717, 1.165) is 11.1 Å². The van der Waals surface area contributed by atoms with Crippen molar-refractivity contribution in [3.05, 3.63) is 41.5 Å². The maximum Gasteiger partial charge on any atom is 0.200 e. The lowest BCUT2D eigenvalue weighted by molar-refractivity contribution is 0.339. The van der Waals surface area contributed by atoms with Crippen molar-refractivity contribution in [2.24, 2.45) is 0 Å². The second-order valence-corrected chi connectivity index (χ2v) is 4.53. The Morgan fingerprint density at radius 2 is 1.29 bits per heavy atom. The van der Waals surface area contributed by atoms with Gasteiger partial charge in [0, 0.05) is 0 Å². The third-order valence-electron chi connectivity index (χ3n) is 3.19. The van der Waals surface area contributed by atoms with Crippen molar-refractivity contribution in [3.63, 3.8) is 0 Å². The Bertz CT molecular complexity index is 612. The lowest BCUT2D eigenvalue weighted by Gasteiger charge is -2.12. The van der Waals surface area contributed by atoms with E-state index in [9.17, 15) is 10.2 Å². The smallest absolute Gasteiger partial charge is 0.200 e. The summed E-state index contributed by atoms with van der Waals surface area (Å²) in [5, 5.41) is 19.5. The summed E-state index contributed by atoms with van der Waals surface area (Å²) in [6.45, 7) is 0. The van der Waals surface area contributed by atoms with Crippen LogP contribution in [0.2, 0.25) is 0 Å². The first-order valence-electron chi connectivity index (χ1n) is 6.38. The van der Waals surface area contributed by atoms with Crippen molar-refractivity contribution >= 4 is 0 Å². The summed E-state index contributed by atoms with van der Waals surface area (Å²) in [5.41, 5.74) is 1.87. The molecule has 0 aromatic heterocycles. The maximum atomic E-state index is 9.89. The van der Waals surface area contributed by atoms with Crippen molar-refractivity contribution in [1.82, 2.24) is 0 Å². The number of phenols is 2. The molecule has 5 nitrogen and oxygen atoms in total. The van der Waals surface area contributed by atoms with Gasteiger partial charge in [-0.25, -0.2) is 0 Å². The van der Waals surface area contributed by atoms with Gasteiger partial charge in [0.15, 0.2) is 23.0 Å². The molecule has 21 heavy (non-hydrogen) atoms. The first-order valence-corrected chi connectivity index (χ1v) is 6.38. The standard InChI is InChI=1S/C16H18O5/c1-19-13-7-10(4-5-12(13)17)6-11-8-14(20-2)16(18)15(9-11)21-3/h4-5,7-9,17-18H,6H2,1-3H3.